The van der Waals surface area contributed by atoms with Gasteiger partial charge in [0.2, 0.25) is 0 Å². The molecule has 1 rings (SSSR count). The van der Waals surface area contributed by atoms with Gasteiger partial charge in [-0.15, -0.1) is 0 Å². The maximum Gasteiger partial charge on any atom is 0.164 e. The zero-order valence-corrected chi connectivity index (χ0v) is 11.7. The fourth-order valence-electron chi connectivity index (χ4n) is 1.64. The molecule has 0 aromatic heterocycles. The molecule has 0 spiro atoms. The number of para-hydroxylation sites is 1. The van der Waals surface area contributed by atoms with Gasteiger partial charge in [0, 0.05) is 18.4 Å². The number of ether oxygens (including phenoxy) is 2. The smallest absolute Gasteiger partial charge is 0.164 e. The number of hydrogen-bond acceptors (Lipinski definition) is 3. The molecular formula is C15H22O3. The van der Waals surface area contributed by atoms with Gasteiger partial charge in [-0.05, 0) is 12.0 Å². The average Bonchev–Trinajstić information content (AvgIpc) is 2.36. The number of hydrogen-bond donors (Lipinski definition) is 0. The first-order valence-corrected chi connectivity index (χ1v) is 6.38. The molecule has 0 unspecified atom stereocenters. The predicted octanol–water partition coefficient (Wildman–Crippen LogP) is 3.25. The fraction of sp³-hybridized carbons (Fsp3) is 0.533. The van der Waals surface area contributed by atoms with E-state index in [9.17, 15) is 4.79 Å². The van der Waals surface area contributed by atoms with E-state index in [4.69, 9.17) is 9.47 Å². The molecule has 0 aliphatic carbocycles. The average molecular weight is 250 g/mol. The third-order valence-electron chi connectivity index (χ3n) is 2.62. The van der Waals surface area contributed by atoms with Crippen LogP contribution in [0.4, 0.5) is 0 Å². The van der Waals surface area contributed by atoms with Crippen molar-refractivity contribution in [3.05, 3.63) is 23.8 Å². The first kappa shape index (κ1) is 14.6. The Morgan fingerprint density at radius 1 is 1.33 bits per heavy atom. The molecule has 0 aliphatic rings. The maximum absolute atomic E-state index is 11.5. The molecule has 18 heavy (non-hydrogen) atoms. The molecule has 1 aromatic rings. The van der Waals surface area contributed by atoms with Gasteiger partial charge in [0.25, 0.3) is 0 Å². The van der Waals surface area contributed by atoms with Gasteiger partial charge in [-0.1, -0.05) is 32.9 Å². The Hall–Kier alpha value is -1.51. The van der Waals surface area contributed by atoms with E-state index in [0.717, 1.165) is 5.56 Å². The lowest BCUT2D eigenvalue weighted by Gasteiger charge is -2.15. The van der Waals surface area contributed by atoms with Crippen LogP contribution in [0.1, 0.15) is 32.8 Å². The van der Waals surface area contributed by atoms with Crippen molar-refractivity contribution in [1.29, 1.82) is 0 Å². The van der Waals surface area contributed by atoms with Crippen molar-refractivity contribution in [3.63, 3.8) is 0 Å². The molecule has 0 atom stereocenters. The van der Waals surface area contributed by atoms with Gasteiger partial charge in [-0.25, -0.2) is 0 Å². The number of benzene rings is 1. The second kappa shape index (κ2) is 7.04. The lowest BCUT2D eigenvalue weighted by atomic mass is 10.1. The van der Waals surface area contributed by atoms with Crippen molar-refractivity contribution < 1.29 is 14.3 Å². The summed E-state index contributed by atoms with van der Waals surface area (Å²) in [5.41, 5.74) is 0.894. The van der Waals surface area contributed by atoms with E-state index in [0.29, 0.717) is 36.9 Å². The molecule has 0 heterocycles. The summed E-state index contributed by atoms with van der Waals surface area (Å²) >= 11 is 0. The summed E-state index contributed by atoms with van der Waals surface area (Å²) in [5.74, 6) is 2.05. The van der Waals surface area contributed by atoms with Crippen LogP contribution in [0.3, 0.4) is 0 Å². The fourth-order valence-corrected chi connectivity index (χ4v) is 1.64. The lowest BCUT2D eigenvalue weighted by Crippen LogP contribution is -2.08. The van der Waals surface area contributed by atoms with E-state index in [1.807, 2.05) is 25.1 Å². The van der Waals surface area contributed by atoms with Crippen LogP contribution in [0.2, 0.25) is 0 Å². The summed E-state index contributed by atoms with van der Waals surface area (Å²) in [6, 6.07) is 5.69. The van der Waals surface area contributed by atoms with Crippen molar-refractivity contribution in [2.24, 2.45) is 5.92 Å². The van der Waals surface area contributed by atoms with Gasteiger partial charge < -0.3 is 9.47 Å². The maximum atomic E-state index is 11.5. The molecule has 0 saturated carbocycles. The SMILES string of the molecule is CCC(=O)Cc1cccc(OCC(C)C)c1OC. The van der Waals surface area contributed by atoms with Crippen molar-refractivity contribution >= 4 is 5.78 Å². The standard InChI is InChI=1S/C15H22O3/c1-5-13(16)9-12-7-6-8-14(15(12)17-4)18-10-11(2)3/h6-8,11H,5,9-10H2,1-4H3. The normalized spacial score (nSPS) is 10.5. The van der Waals surface area contributed by atoms with E-state index in [2.05, 4.69) is 13.8 Å². The van der Waals surface area contributed by atoms with Crippen LogP contribution in [-0.4, -0.2) is 19.5 Å². The largest absolute Gasteiger partial charge is 0.493 e. The van der Waals surface area contributed by atoms with Crippen molar-refractivity contribution in [3.8, 4) is 11.5 Å². The number of carbonyl (C=O) groups excluding carboxylic acids is 1. The summed E-state index contributed by atoms with van der Waals surface area (Å²) in [4.78, 5) is 11.5. The van der Waals surface area contributed by atoms with Crippen molar-refractivity contribution in [1.82, 2.24) is 0 Å². The second-order valence-corrected chi connectivity index (χ2v) is 4.72. The Morgan fingerprint density at radius 2 is 2.06 bits per heavy atom. The highest BCUT2D eigenvalue weighted by Gasteiger charge is 2.12. The Bertz CT molecular complexity index is 397. The van der Waals surface area contributed by atoms with E-state index in [-0.39, 0.29) is 5.78 Å². The van der Waals surface area contributed by atoms with Gasteiger partial charge in [0.15, 0.2) is 11.5 Å². The minimum Gasteiger partial charge on any atom is -0.493 e. The highest BCUT2D eigenvalue weighted by atomic mass is 16.5. The van der Waals surface area contributed by atoms with Crippen LogP contribution in [-0.2, 0) is 11.2 Å². The summed E-state index contributed by atoms with van der Waals surface area (Å²) in [7, 11) is 1.61. The molecule has 0 fully saturated rings. The molecule has 3 nitrogen and oxygen atoms in total. The summed E-state index contributed by atoms with van der Waals surface area (Å²) in [6.45, 7) is 6.70. The quantitative estimate of drug-likeness (QED) is 0.745. The van der Waals surface area contributed by atoms with Gasteiger partial charge in [-0.3, -0.25) is 4.79 Å². The Morgan fingerprint density at radius 3 is 2.61 bits per heavy atom. The van der Waals surface area contributed by atoms with Gasteiger partial charge in [0.1, 0.15) is 5.78 Å². The molecule has 0 radical (unpaired) electrons. The van der Waals surface area contributed by atoms with Crippen molar-refractivity contribution in [2.75, 3.05) is 13.7 Å². The minimum atomic E-state index is 0.203. The number of Topliss-reactive ketones (excluding diaryl/α,β-unsaturated/α-hetero) is 1. The number of carbonyl (C=O) groups is 1. The van der Waals surface area contributed by atoms with Crippen LogP contribution >= 0.6 is 0 Å². The Balaban J connectivity index is 2.91. The highest BCUT2D eigenvalue weighted by molar-refractivity contribution is 5.81. The molecule has 100 valence electrons. The lowest BCUT2D eigenvalue weighted by molar-refractivity contribution is -0.118. The van der Waals surface area contributed by atoms with Crippen LogP contribution in [0.5, 0.6) is 11.5 Å². The van der Waals surface area contributed by atoms with Crippen LogP contribution in [0.25, 0.3) is 0 Å². The first-order chi connectivity index (χ1) is 8.58. The van der Waals surface area contributed by atoms with Crippen LogP contribution in [0.15, 0.2) is 18.2 Å². The second-order valence-electron chi connectivity index (χ2n) is 4.72. The molecule has 0 aliphatic heterocycles. The minimum absolute atomic E-state index is 0.203. The van der Waals surface area contributed by atoms with E-state index in [1.165, 1.54) is 0 Å². The number of ketones is 1. The third-order valence-corrected chi connectivity index (χ3v) is 2.62. The summed E-state index contributed by atoms with van der Waals surface area (Å²) in [5, 5.41) is 0. The number of methoxy groups -OCH3 is 1. The van der Waals surface area contributed by atoms with Gasteiger partial charge in [-0.2, -0.15) is 0 Å². The molecule has 0 N–H and O–H groups in total. The zero-order valence-electron chi connectivity index (χ0n) is 11.7. The third kappa shape index (κ3) is 4.06. The Labute approximate surface area is 109 Å². The zero-order chi connectivity index (χ0) is 13.5. The topological polar surface area (TPSA) is 35.5 Å². The summed E-state index contributed by atoms with van der Waals surface area (Å²) < 4.78 is 11.1. The summed E-state index contributed by atoms with van der Waals surface area (Å²) in [6.07, 6.45) is 0.943. The molecule has 0 amide bonds. The molecule has 0 saturated heterocycles. The number of rotatable bonds is 7. The van der Waals surface area contributed by atoms with Crippen LogP contribution < -0.4 is 9.47 Å². The Kier molecular flexibility index (Phi) is 5.69. The van der Waals surface area contributed by atoms with Gasteiger partial charge >= 0.3 is 0 Å². The molecule has 0 bridgehead atoms. The van der Waals surface area contributed by atoms with E-state index < -0.39 is 0 Å². The van der Waals surface area contributed by atoms with E-state index in [1.54, 1.807) is 7.11 Å². The monoisotopic (exact) mass is 250 g/mol. The predicted molar refractivity (Wildman–Crippen MR) is 72.3 cm³/mol. The first-order valence-electron chi connectivity index (χ1n) is 6.38. The molecular weight excluding hydrogens is 228 g/mol. The van der Waals surface area contributed by atoms with E-state index >= 15 is 0 Å². The highest BCUT2D eigenvalue weighted by Crippen LogP contribution is 2.31. The molecule has 1 aromatic carbocycles. The van der Waals surface area contributed by atoms with Gasteiger partial charge in [0.05, 0.1) is 13.7 Å². The van der Waals surface area contributed by atoms with Crippen LogP contribution in [0, 0.1) is 5.92 Å². The molecule has 3 heteroatoms. The van der Waals surface area contributed by atoms with Crippen molar-refractivity contribution in [2.45, 2.75) is 33.6 Å².